The second-order valence-corrected chi connectivity index (χ2v) is 4.35. The Kier molecular flexibility index (Phi) is 2.53. The minimum Gasteiger partial charge on any atom is -0.475 e. The zero-order chi connectivity index (χ0) is 13.6. The van der Waals surface area contributed by atoms with Crippen LogP contribution in [-0.2, 0) is 7.05 Å². The molecule has 0 bridgehead atoms. The number of aryl methyl sites for hydroxylation is 1. The number of carboxylic acid groups (broad SMARTS) is 1. The minimum absolute atomic E-state index is 0.216. The summed E-state index contributed by atoms with van der Waals surface area (Å²) in [5, 5.41) is 17.8. The van der Waals surface area contributed by atoms with E-state index in [4.69, 9.17) is 21.2 Å². The number of hydrogen-bond acceptors (Lipinski definition) is 4. The van der Waals surface area contributed by atoms with Crippen LogP contribution >= 0.6 is 11.6 Å². The van der Waals surface area contributed by atoms with E-state index in [1.165, 1.54) is 6.07 Å². The van der Waals surface area contributed by atoms with E-state index >= 15 is 0 Å². The molecule has 0 saturated carbocycles. The predicted molar refractivity (Wildman–Crippen MR) is 68.2 cm³/mol. The summed E-state index contributed by atoms with van der Waals surface area (Å²) in [5.74, 6) is -1.38. The number of rotatable bonds is 2. The molecule has 2 aromatic heterocycles. The molecule has 0 fully saturated rings. The van der Waals surface area contributed by atoms with E-state index in [0.29, 0.717) is 16.4 Å². The van der Waals surface area contributed by atoms with Crippen molar-refractivity contribution in [3.8, 4) is 11.3 Å². The Bertz CT molecular complexity index is 791. The molecule has 0 aliphatic carbocycles. The van der Waals surface area contributed by atoms with Crippen molar-refractivity contribution in [3.05, 3.63) is 35.2 Å². The van der Waals surface area contributed by atoms with Gasteiger partial charge in [0.25, 0.3) is 0 Å². The van der Waals surface area contributed by atoms with Crippen LogP contribution in [0.1, 0.15) is 10.6 Å². The van der Waals surface area contributed by atoms with E-state index in [1.807, 2.05) is 12.1 Å². The average Bonchev–Trinajstić information content (AvgIpc) is 2.96. The number of fused-ring (bicyclic) bond motifs is 1. The van der Waals surface area contributed by atoms with E-state index in [1.54, 1.807) is 17.8 Å². The third-order valence-corrected chi connectivity index (χ3v) is 3.10. The summed E-state index contributed by atoms with van der Waals surface area (Å²) >= 11 is 6.10. The SMILES string of the molecule is Cn1nc(Cl)c2c(-c3cc(C(=O)O)on3)cccc21. The molecule has 96 valence electrons. The van der Waals surface area contributed by atoms with Crippen molar-refractivity contribution in [2.24, 2.45) is 7.05 Å². The van der Waals surface area contributed by atoms with Crippen LogP contribution in [0.4, 0.5) is 0 Å². The summed E-state index contributed by atoms with van der Waals surface area (Å²) in [4.78, 5) is 10.8. The van der Waals surface area contributed by atoms with Gasteiger partial charge in [0.05, 0.1) is 5.52 Å². The lowest BCUT2D eigenvalue weighted by Crippen LogP contribution is -1.91. The number of aromatic nitrogens is 3. The highest BCUT2D eigenvalue weighted by Gasteiger charge is 2.17. The van der Waals surface area contributed by atoms with Gasteiger partial charge in [-0.3, -0.25) is 4.68 Å². The molecule has 0 spiro atoms. The summed E-state index contributed by atoms with van der Waals surface area (Å²) in [6.45, 7) is 0. The summed E-state index contributed by atoms with van der Waals surface area (Å²) in [7, 11) is 1.78. The van der Waals surface area contributed by atoms with Crippen LogP contribution in [-0.4, -0.2) is 26.0 Å². The monoisotopic (exact) mass is 277 g/mol. The van der Waals surface area contributed by atoms with Crippen molar-refractivity contribution in [3.63, 3.8) is 0 Å². The Morgan fingerprint density at radius 1 is 1.47 bits per heavy atom. The molecule has 0 atom stereocenters. The number of hydrogen-bond donors (Lipinski definition) is 1. The Balaban J connectivity index is 2.27. The molecule has 6 nitrogen and oxygen atoms in total. The maximum Gasteiger partial charge on any atom is 0.374 e. The average molecular weight is 278 g/mol. The first-order chi connectivity index (χ1) is 9.08. The van der Waals surface area contributed by atoms with Gasteiger partial charge in [-0.2, -0.15) is 5.10 Å². The smallest absolute Gasteiger partial charge is 0.374 e. The Hall–Kier alpha value is -2.34. The highest BCUT2D eigenvalue weighted by atomic mass is 35.5. The molecule has 0 saturated heterocycles. The highest BCUT2D eigenvalue weighted by Crippen LogP contribution is 2.32. The number of nitrogens with zero attached hydrogens (tertiary/aromatic N) is 3. The number of halogens is 1. The first-order valence-electron chi connectivity index (χ1n) is 5.39. The number of carboxylic acids is 1. The number of carbonyl (C=O) groups is 1. The van der Waals surface area contributed by atoms with Crippen molar-refractivity contribution >= 4 is 28.5 Å². The predicted octanol–water partition coefficient (Wildman–Crippen LogP) is 2.58. The Labute approximate surface area is 112 Å². The summed E-state index contributed by atoms with van der Waals surface area (Å²) in [5.41, 5.74) is 1.94. The zero-order valence-electron chi connectivity index (χ0n) is 9.79. The standard InChI is InChI=1S/C12H8ClN3O3/c1-16-8-4-2-3-6(10(8)11(13)14-16)7-5-9(12(17)18)19-15-7/h2-5H,1H3,(H,17,18). The Morgan fingerprint density at radius 2 is 2.26 bits per heavy atom. The molecule has 3 aromatic rings. The quantitative estimate of drug-likeness (QED) is 0.778. The largest absolute Gasteiger partial charge is 0.475 e. The second kappa shape index (κ2) is 4.10. The van der Waals surface area contributed by atoms with Crippen molar-refractivity contribution in [1.82, 2.24) is 14.9 Å². The van der Waals surface area contributed by atoms with Gasteiger partial charge in [-0.15, -0.1) is 0 Å². The maximum absolute atomic E-state index is 10.8. The van der Waals surface area contributed by atoms with E-state index in [-0.39, 0.29) is 5.76 Å². The molecule has 0 unspecified atom stereocenters. The van der Waals surface area contributed by atoms with Crippen molar-refractivity contribution in [2.45, 2.75) is 0 Å². The summed E-state index contributed by atoms with van der Waals surface area (Å²) < 4.78 is 6.41. The first-order valence-corrected chi connectivity index (χ1v) is 5.77. The third-order valence-electron chi connectivity index (χ3n) is 2.83. The van der Waals surface area contributed by atoms with Gasteiger partial charge in [0.2, 0.25) is 5.76 Å². The van der Waals surface area contributed by atoms with Crippen molar-refractivity contribution in [2.75, 3.05) is 0 Å². The molecule has 19 heavy (non-hydrogen) atoms. The van der Waals surface area contributed by atoms with Gasteiger partial charge >= 0.3 is 5.97 Å². The van der Waals surface area contributed by atoms with Crippen molar-refractivity contribution in [1.29, 1.82) is 0 Å². The zero-order valence-corrected chi connectivity index (χ0v) is 10.5. The lowest BCUT2D eigenvalue weighted by Gasteiger charge is -1.99. The van der Waals surface area contributed by atoms with E-state index in [0.717, 1.165) is 10.9 Å². The molecule has 0 aliphatic rings. The minimum atomic E-state index is -1.16. The lowest BCUT2D eigenvalue weighted by molar-refractivity contribution is 0.0652. The molecule has 0 aliphatic heterocycles. The van der Waals surface area contributed by atoms with Gasteiger partial charge < -0.3 is 9.63 Å². The molecule has 2 heterocycles. The molecule has 7 heteroatoms. The molecule has 1 N–H and O–H groups in total. The van der Waals surface area contributed by atoms with Crippen LogP contribution in [0.3, 0.4) is 0 Å². The molecule has 0 amide bonds. The van der Waals surface area contributed by atoms with Crippen LogP contribution in [0.2, 0.25) is 5.15 Å². The topological polar surface area (TPSA) is 81.2 Å². The third kappa shape index (κ3) is 1.77. The summed E-state index contributed by atoms with van der Waals surface area (Å²) in [6, 6.07) is 6.85. The molecule has 3 rings (SSSR count). The second-order valence-electron chi connectivity index (χ2n) is 4.00. The van der Waals surface area contributed by atoms with Crippen molar-refractivity contribution < 1.29 is 14.4 Å². The van der Waals surface area contributed by atoms with Crippen LogP contribution in [0.5, 0.6) is 0 Å². The Morgan fingerprint density at radius 3 is 2.95 bits per heavy atom. The highest BCUT2D eigenvalue weighted by molar-refractivity contribution is 6.35. The van der Waals surface area contributed by atoms with E-state index in [2.05, 4.69) is 10.3 Å². The van der Waals surface area contributed by atoms with E-state index in [9.17, 15) is 4.79 Å². The van der Waals surface area contributed by atoms with Crippen LogP contribution < -0.4 is 0 Å². The van der Waals surface area contributed by atoms with Gasteiger partial charge in [0.1, 0.15) is 5.69 Å². The molecular formula is C12H8ClN3O3. The van der Waals surface area contributed by atoms with Gasteiger partial charge in [0.15, 0.2) is 5.15 Å². The molecular weight excluding hydrogens is 270 g/mol. The normalized spacial score (nSPS) is 11.1. The van der Waals surface area contributed by atoms with Crippen LogP contribution in [0, 0.1) is 0 Å². The van der Waals surface area contributed by atoms with Gasteiger partial charge in [-0.1, -0.05) is 28.9 Å². The van der Waals surface area contributed by atoms with Crippen LogP contribution in [0.15, 0.2) is 28.8 Å². The van der Waals surface area contributed by atoms with Gasteiger partial charge in [-0.05, 0) is 6.07 Å². The fourth-order valence-electron chi connectivity index (χ4n) is 1.98. The molecule has 1 aromatic carbocycles. The van der Waals surface area contributed by atoms with Gasteiger partial charge in [-0.25, -0.2) is 4.79 Å². The first kappa shape index (κ1) is 11.7. The summed E-state index contributed by atoms with van der Waals surface area (Å²) in [6.07, 6.45) is 0. The fraction of sp³-hybridized carbons (Fsp3) is 0.0833. The van der Waals surface area contributed by atoms with E-state index < -0.39 is 5.97 Å². The fourth-order valence-corrected chi connectivity index (χ4v) is 2.29. The molecule has 0 radical (unpaired) electrons. The number of benzene rings is 1. The van der Waals surface area contributed by atoms with Crippen LogP contribution in [0.25, 0.3) is 22.2 Å². The van der Waals surface area contributed by atoms with Gasteiger partial charge in [0, 0.05) is 24.1 Å². The maximum atomic E-state index is 10.8. The lowest BCUT2D eigenvalue weighted by atomic mass is 10.1. The number of aromatic carboxylic acids is 1.